The summed E-state index contributed by atoms with van der Waals surface area (Å²) < 4.78 is 18.5. The summed E-state index contributed by atoms with van der Waals surface area (Å²) in [5.41, 5.74) is 2.48. The lowest BCUT2D eigenvalue weighted by atomic mass is 9.92. The Bertz CT molecular complexity index is 715. The predicted octanol–water partition coefficient (Wildman–Crippen LogP) is 2.01. The van der Waals surface area contributed by atoms with Gasteiger partial charge in [0.15, 0.2) is 11.5 Å². The van der Waals surface area contributed by atoms with Gasteiger partial charge in [-0.1, -0.05) is 12.1 Å². The number of ether oxygens (including phenoxy) is 3. The first-order chi connectivity index (χ1) is 11.7. The Labute approximate surface area is 141 Å². The van der Waals surface area contributed by atoms with E-state index in [-0.39, 0.29) is 0 Å². The molecule has 6 heteroatoms. The third kappa shape index (κ3) is 2.87. The monoisotopic (exact) mass is 329 g/mol. The van der Waals surface area contributed by atoms with Crippen LogP contribution in [0.25, 0.3) is 0 Å². The van der Waals surface area contributed by atoms with Gasteiger partial charge in [-0.15, -0.1) is 0 Å². The fraction of sp³-hybridized carbons (Fsp3) is 0.500. The van der Waals surface area contributed by atoms with E-state index >= 15 is 0 Å². The number of aryl methyl sites for hydroxylation is 1. The standard InChI is InChI=1S/C18H23N3O3/c1-20-7-14(6-19-20)16-10-21(9-15(16)11-22-2)8-13-4-3-5-17-18(13)24-12-23-17/h3-7,15-16H,8-12H2,1-2H3/t15-,16-/m0/s1. The molecule has 2 aliphatic heterocycles. The van der Waals surface area contributed by atoms with Crippen LogP contribution in [-0.2, 0) is 18.3 Å². The average molecular weight is 329 g/mol. The van der Waals surface area contributed by atoms with E-state index in [2.05, 4.69) is 22.3 Å². The highest BCUT2D eigenvalue weighted by molar-refractivity contribution is 5.48. The topological polar surface area (TPSA) is 48.8 Å². The average Bonchev–Trinajstić information content (AvgIpc) is 3.28. The van der Waals surface area contributed by atoms with Crippen LogP contribution in [0.2, 0.25) is 0 Å². The summed E-state index contributed by atoms with van der Waals surface area (Å²) >= 11 is 0. The van der Waals surface area contributed by atoms with Gasteiger partial charge >= 0.3 is 0 Å². The lowest BCUT2D eigenvalue weighted by molar-refractivity contribution is 0.147. The normalized spacial score (nSPS) is 23.1. The quantitative estimate of drug-likeness (QED) is 0.840. The van der Waals surface area contributed by atoms with Crippen molar-refractivity contribution in [2.24, 2.45) is 13.0 Å². The van der Waals surface area contributed by atoms with E-state index in [0.717, 1.165) is 37.7 Å². The Morgan fingerprint density at radius 1 is 1.29 bits per heavy atom. The number of fused-ring (bicyclic) bond motifs is 1. The first-order valence-electron chi connectivity index (χ1n) is 8.32. The smallest absolute Gasteiger partial charge is 0.231 e. The molecular formula is C18H23N3O3. The second-order valence-corrected chi connectivity index (χ2v) is 6.61. The number of aromatic nitrogens is 2. The predicted molar refractivity (Wildman–Crippen MR) is 89.2 cm³/mol. The van der Waals surface area contributed by atoms with Crippen molar-refractivity contribution in [2.45, 2.75) is 12.5 Å². The summed E-state index contributed by atoms with van der Waals surface area (Å²) in [6.45, 7) is 3.96. The molecule has 24 heavy (non-hydrogen) atoms. The van der Waals surface area contributed by atoms with Gasteiger partial charge in [-0.25, -0.2) is 0 Å². The molecule has 0 amide bonds. The minimum atomic E-state index is 0.316. The maximum atomic E-state index is 5.64. The molecule has 1 aromatic carbocycles. The summed E-state index contributed by atoms with van der Waals surface area (Å²) in [5.74, 6) is 2.68. The molecule has 2 aliphatic rings. The Hall–Kier alpha value is -2.05. The second-order valence-electron chi connectivity index (χ2n) is 6.61. The van der Waals surface area contributed by atoms with Crippen molar-refractivity contribution in [3.8, 4) is 11.5 Å². The minimum Gasteiger partial charge on any atom is -0.454 e. The summed E-state index contributed by atoms with van der Waals surface area (Å²) in [4.78, 5) is 2.47. The zero-order valence-electron chi connectivity index (χ0n) is 14.1. The molecule has 128 valence electrons. The zero-order chi connectivity index (χ0) is 16.5. The fourth-order valence-electron chi connectivity index (χ4n) is 3.84. The maximum Gasteiger partial charge on any atom is 0.231 e. The number of nitrogens with zero attached hydrogens (tertiary/aromatic N) is 3. The molecule has 6 nitrogen and oxygen atoms in total. The number of hydrogen-bond donors (Lipinski definition) is 0. The lowest BCUT2D eigenvalue weighted by Crippen LogP contribution is -2.21. The van der Waals surface area contributed by atoms with Gasteiger partial charge in [0, 0.05) is 57.4 Å². The highest BCUT2D eigenvalue weighted by Gasteiger charge is 2.35. The summed E-state index contributed by atoms with van der Waals surface area (Å²) in [5, 5.41) is 4.33. The third-order valence-corrected chi connectivity index (χ3v) is 4.92. The fourth-order valence-corrected chi connectivity index (χ4v) is 3.84. The molecule has 0 spiro atoms. The Morgan fingerprint density at radius 3 is 3.00 bits per heavy atom. The summed E-state index contributed by atoms with van der Waals surface area (Å²) in [6, 6.07) is 6.11. The van der Waals surface area contributed by atoms with Gasteiger partial charge in [-0.2, -0.15) is 5.10 Å². The number of methoxy groups -OCH3 is 1. The molecule has 0 saturated carbocycles. The second kappa shape index (κ2) is 6.45. The zero-order valence-corrected chi connectivity index (χ0v) is 14.1. The molecule has 0 unspecified atom stereocenters. The van der Waals surface area contributed by atoms with Crippen molar-refractivity contribution in [3.63, 3.8) is 0 Å². The van der Waals surface area contributed by atoms with Crippen LogP contribution >= 0.6 is 0 Å². The SMILES string of the molecule is COC[C@@H]1CN(Cc2cccc3c2OCO3)C[C@H]1c1cnn(C)c1. The van der Waals surface area contributed by atoms with Crippen LogP contribution in [-0.4, -0.2) is 48.3 Å². The Kier molecular flexibility index (Phi) is 4.16. The molecule has 1 fully saturated rings. The molecule has 0 radical (unpaired) electrons. The molecule has 3 heterocycles. The van der Waals surface area contributed by atoms with E-state index in [1.807, 2.05) is 30.1 Å². The molecular weight excluding hydrogens is 306 g/mol. The number of para-hydroxylation sites is 1. The first-order valence-corrected chi connectivity index (χ1v) is 8.32. The van der Waals surface area contributed by atoms with E-state index < -0.39 is 0 Å². The number of rotatable bonds is 5. The van der Waals surface area contributed by atoms with E-state index in [4.69, 9.17) is 14.2 Å². The van der Waals surface area contributed by atoms with Crippen LogP contribution < -0.4 is 9.47 Å². The first kappa shape index (κ1) is 15.5. The van der Waals surface area contributed by atoms with Crippen molar-refractivity contribution in [3.05, 3.63) is 41.7 Å². The highest BCUT2D eigenvalue weighted by atomic mass is 16.7. The minimum absolute atomic E-state index is 0.316. The summed E-state index contributed by atoms with van der Waals surface area (Å²) in [6.07, 6.45) is 4.10. The number of benzene rings is 1. The van der Waals surface area contributed by atoms with E-state index in [1.165, 1.54) is 11.1 Å². The van der Waals surface area contributed by atoms with Crippen LogP contribution in [0.5, 0.6) is 11.5 Å². The molecule has 0 N–H and O–H groups in total. The van der Waals surface area contributed by atoms with Crippen LogP contribution in [0.1, 0.15) is 17.0 Å². The van der Waals surface area contributed by atoms with Crippen LogP contribution in [0, 0.1) is 5.92 Å². The van der Waals surface area contributed by atoms with Crippen molar-refractivity contribution < 1.29 is 14.2 Å². The van der Waals surface area contributed by atoms with Gasteiger partial charge in [0.25, 0.3) is 0 Å². The van der Waals surface area contributed by atoms with Crippen LogP contribution in [0.3, 0.4) is 0 Å². The van der Waals surface area contributed by atoms with Gasteiger partial charge in [-0.05, 0) is 11.6 Å². The van der Waals surface area contributed by atoms with Gasteiger partial charge < -0.3 is 14.2 Å². The molecule has 2 atom stereocenters. The van der Waals surface area contributed by atoms with Crippen molar-refractivity contribution in [1.29, 1.82) is 0 Å². The molecule has 4 rings (SSSR count). The Balaban J connectivity index is 1.52. The summed E-state index contributed by atoms with van der Waals surface area (Å²) in [7, 11) is 3.74. The van der Waals surface area contributed by atoms with Gasteiger partial charge in [0.2, 0.25) is 6.79 Å². The molecule has 1 aromatic heterocycles. The molecule has 0 aliphatic carbocycles. The molecule has 0 bridgehead atoms. The highest BCUT2D eigenvalue weighted by Crippen LogP contribution is 2.38. The van der Waals surface area contributed by atoms with Crippen LogP contribution in [0.4, 0.5) is 0 Å². The largest absolute Gasteiger partial charge is 0.454 e. The molecule has 2 aromatic rings. The van der Waals surface area contributed by atoms with Gasteiger partial charge in [0.1, 0.15) is 0 Å². The van der Waals surface area contributed by atoms with Crippen molar-refractivity contribution >= 4 is 0 Å². The number of hydrogen-bond acceptors (Lipinski definition) is 5. The van der Waals surface area contributed by atoms with Crippen molar-refractivity contribution in [2.75, 3.05) is 33.6 Å². The maximum absolute atomic E-state index is 5.64. The van der Waals surface area contributed by atoms with E-state index in [9.17, 15) is 0 Å². The Morgan fingerprint density at radius 2 is 2.21 bits per heavy atom. The lowest BCUT2D eigenvalue weighted by Gasteiger charge is -2.16. The van der Waals surface area contributed by atoms with Crippen molar-refractivity contribution in [1.82, 2.24) is 14.7 Å². The third-order valence-electron chi connectivity index (χ3n) is 4.92. The van der Waals surface area contributed by atoms with E-state index in [0.29, 0.717) is 18.6 Å². The van der Waals surface area contributed by atoms with E-state index in [1.54, 1.807) is 7.11 Å². The molecule has 1 saturated heterocycles. The van der Waals surface area contributed by atoms with Gasteiger partial charge in [-0.3, -0.25) is 9.58 Å². The van der Waals surface area contributed by atoms with Gasteiger partial charge in [0.05, 0.1) is 12.8 Å². The number of likely N-dealkylation sites (tertiary alicyclic amines) is 1. The van der Waals surface area contributed by atoms with Crippen LogP contribution in [0.15, 0.2) is 30.6 Å².